The van der Waals surface area contributed by atoms with Crippen LogP contribution in [-0.4, -0.2) is 0 Å². The van der Waals surface area contributed by atoms with E-state index in [9.17, 15) is 13.2 Å². The molecule has 0 unspecified atom stereocenters. The van der Waals surface area contributed by atoms with Gasteiger partial charge in [-0.05, 0) is 55.9 Å². The molecule has 0 fully saturated rings. The van der Waals surface area contributed by atoms with Crippen LogP contribution in [0, 0.1) is 6.92 Å². The lowest BCUT2D eigenvalue weighted by Gasteiger charge is -2.07. The summed E-state index contributed by atoms with van der Waals surface area (Å²) in [4.78, 5) is 0. The Kier molecular flexibility index (Phi) is 5.64. The Morgan fingerprint density at radius 3 is 1.59 bits per heavy atom. The molecular formula is C19H21F3. The van der Waals surface area contributed by atoms with Crippen molar-refractivity contribution in [3.8, 4) is 0 Å². The Bertz CT molecular complexity index is 565. The van der Waals surface area contributed by atoms with Crippen molar-refractivity contribution < 1.29 is 13.2 Å². The van der Waals surface area contributed by atoms with Gasteiger partial charge in [-0.25, -0.2) is 0 Å². The first kappa shape index (κ1) is 16.6. The fourth-order valence-corrected chi connectivity index (χ4v) is 2.45. The Hall–Kier alpha value is -1.77. The molecule has 0 heterocycles. The summed E-state index contributed by atoms with van der Waals surface area (Å²) in [6.45, 7) is 2.08. The van der Waals surface area contributed by atoms with Gasteiger partial charge in [0.25, 0.3) is 0 Å². The number of rotatable bonds is 6. The van der Waals surface area contributed by atoms with Crippen LogP contribution in [0.15, 0.2) is 48.5 Å². The fraction of sp³-hybridized carbons (Fsp3) is 0.368. The SMILES string of the molecule is Cc1ccc(CCCCCc2ccc(C(F)(F)F)cc2)cc1. The lowest BCUT2D eigenvalue weighted by atomic mass is 10.0. The van der Waals surface area contributed by atoms with Gasteiger partial charge >= 0.3 is 6.18 Å². The van der Waals surface area contributed by atoms with Crippen molar-refractivity contribution in [3.63, 3.8) is 0 Å². The van der Waals surface area contributed by atoms with Gasteiger partial charge in [0, 0.05) is 0 Å². The largest absolute Gasteiger partial charge is 0.416 e. The maximum atomic E-state index is 12.5. The van der Waals surface area contributed by atoms with Crippen LogP contribution < -0.4 is 0 Å². The molecule has 2 aromatic rings. The number of hydrogen-bond acceptors (Lipinski definition) is 0. The van der Waals surface area contributed by atoms with Crippen LogP contribution in [0.4, 0.5) is 13.2 Å². The van der Waals surface area contributed by atoms with Crippen molar-refractivity contribution in [2.24, 2.45) is 0 Å². The molecule has 0 bridgehead atoms. The molecule has 118 valence electrons. The molecule has 22 heavy (non-hydrogen) atoms. The smallest absolute Gasteiger partial charge is 0.166 e. The normalized spacial score (nSPS) is 11.6. The van der Waals surface area contributed by atoms with Crippen LogP contribution in [0.1, 0.15) is 41.5 Å². The number of unbranched alkanes of at least 4 members (excludes halogenated alkanes) is 2. The van der Waals surface area contributed by atoms with Gasteiger partial charge in [-0.15, -0.1) is 0 Å². The first-order valence-electron chi connectivity index (χ1n) is 7.67. The topological polar surface area (TPSA) is 0 Å². The lowest BCUT2D eigenvalue weighted by molar-refractivity contribution is -0.137. The summed E-state index contributed by atoms with van der Waals surface area (Å²) in [7, 11) is 0. The summed E-state index contributed by atoms with van der Waals surface area (Å²) < 4.78 is 37.4. The maximum absolute atomic E-state index is 12.5. The van der Waals surface area contributed by atoms with Crippen LogP contribution in [0.2, 0.25) is 0 Å². The predicted octanol–water partition coefficient (Wildman–Crippen LogP) is 5.97. The van der Waals surface area contributed by atoms with Crippen molar-refractivity contribution >= 4 is 0 Å². The van der Waals surface area contributed by atoms with Crippen LogP contribution in [0.25, 0.3) is 0 Å². The first-order chi connectivity index (χ1) is 10.4. The second-order valence-corrected chi connectivity index (χ2v) is 5.74. The molecule has 0 nitrogen and oxygen atoms in total. The Morgan fingerprint density at radius 1 is 0.682 bits per heavy atom. The molecule has 0 saturated carbocycles. The zero-order chi connectivity index (χ0) is 16.0. The molecule has 0 aliphatic rings. The summed E-state index contributed by atoms with van der Waals surface area (Å²) in [5.74, 6) is 0. The molecule has 2 aromatic carbocycles. The monoisotopic (exact) mass is 306 g/mol. The van der Waals surface area contributed by atoms with E-state index in [0.29, 0.717) is 0 Å². The van der Waals surface area contributed by atoms with Crippen molar-refractivity contribution in [1.82, 2.24) is 0 Å². The van der Waals surface area contributed by atoms with Gasteiger partial charge in [0.1, 0.15) is 0 Å². The second kappa shape index (κ2) is 7.48. The van der Waals surface area contributed by atoms with Gasteiger partial charge in [0.05, 0.1) is 5.56 Å². The molecule has 0 amide bonds. The molecule has 0 N–H and O–H groups in total. The average Bonchev–Trinajstić information content (AvgIpc) is 2.48. The number of alkyl halides is 3. The fourth-order valence-electron chi connectivity index (χ4n) is 2.45. The van der Waals surface area contributed by atoms with Gasteiger partial charge in [-0.1, -0.05) is 48.4 Å². The van der Waals surface area contributed by atoms with Crippen LogP contribution in [-0.2, 0) is 19.0 Å². The predicted molar refractivity (Wildman–Crippen MR) is 83.9 cm³/mol. The third-order valence-electron chi connectivity index (χ3n) is 3.83. The standard InChI is InChI=1S/C19H21F3/c1-15-7-9-16(10-8-15)5-3-2-4-6-17-11-13-18(14-12-17)19(20,21)22/h7-14H,2-6H2,1H3. The molecule has 0 atom stereocenters. The highest BCUT2D eigenvalue weighted by Crippen LogP contribution is 2.29. The van der Waals surface area contributed by atoms with E-state index >= 15 is 0 Å². The second-order valence-electron chi connectivity index (χ2n) is 5.74. The molecule has 0 aliphatic heterocycles. The minimum atomic E-state index is -4.24. The van der Waals surface area contributed by atoms with Crippen LogP contribution in [0.3, 0.4) is 0 Å². The van der Waals surface area contributed by atoms with E-state index in [0.717, 1.165) is 37.7 Å². The average molecular weight is 306 g/mol. The summed E-state index contributed by atoms with van der Waals surface area (Å²) in [5, 5.41) is 0. The van der Waals surface area contributed by atoms with Crippen molar-refractivity contribution in [3.05, 3.63) is 70.8 Å². The number of benzene rings is 2. The summed E-state index contributed by atoms with van der Waals surface area (Å²) >= 11 is 0. The molecular weight excluding hydrogens is 285 g/mol. The van der Waals surface area contributed by atoms with Gasteiger partial charge in [-0.3, -0.25) is 0 Å². The highest BCUT2D eigenvalue weighted by molar-refractivity contribution is 5.24. The highest BCUT2D eigenvalue weighted by Gasteiger charge is 2.29. The Balaban J connectivity index is 1.69. The third-order valence-corrected chi connectivity index (χ3v) is 3.83. The molecule has 0 spiro atoms. The van der Waals surface area contributed by atoms with E-state index in [4.69, 9.17) is 0 Å². The first-order valence-corrected chi connectivity index (χ1v) is 7.67. The van der Waals surface area contributed by atoms with Gasteiger partial charge in [0.15, 0.2) is 0 Å². The third kappa shape index (κ3) is 5.21. The molecule has 2 rings (SSSR count). The summed E-state index contributed by atoms with van der Waals surface area (Å²) in [6.07, 6.45) is 0.877. The molecule has 0 radical (unpaired) electrons. The van der Waals surface area contributed by atoms with Gasteiger partial charge in [-0.2, -0.15) is 13.2 Å². The van der Waals surface area contributed by atoms with E-state index in [2.05, 4.69) is 31.2 Å². The quantitative estimate of drug-likeness (QED) is 0.577. The summed E-state index contributed by atoms with van der Waals surface area (Å²) in [6, 6.07) is 14.1. The molecule has 0 aromatic heterocycles. The Morgan fingerprint density at radius 2 is 1.14 bits per heavy atom. The van der Waals surface area contributed by atoms with E-state index < -0.39 is 11.7 Å². The van der Waals surface area contributed by atoms with Crippen LogP contribution >= 0.6 is 0 Å². The minimum Gasteiger partial charge on any atom is -0.166 e. The van der Waals surface area contributed by atoms with Crippen molar-refractivity contribution in [1.29, 1.82) is 0 Å². The van der Waals surface area contributed by atoms with Gasteiger partial charge in [0.2, 0.25) is 0 Å². The zero-order valence-electron chi connectivity index (χ0n) is 12.8. The van der Waals surface area contributed by atoms with E-state index in [1.54, 1.807) is 12.1 Å². The highest BCUT2D eigenvalue weighted by atomic mass is 19.4. The number of aryl methyl sites for hydroxylation is 3. The molecule has 0 saturated heterocycles. The van der Waals surface area contributed by atoms with E-state index in [1.807, 2.05) is 0 Å². The molecule has 3 heteroatoms. The van der Waals surface area contributed by atoms with Crippen LogP contribution in [0.5, 0.6) is 0 Å². The number of hydrogen-bond donors (Lipinski definition) is 0. The van der Waals surface area contributed by atoms with Crippen molar-refractivity contribution in [2.45, 2.75) is 45.2 Å². The van der Waals surface area contributed by atoms with E-state index in [-0.39, 0.29) is 0 Å². The zero-order valence-corrected chi connectivity index (χ0v) is 12.8. The molecule has 0 aliphatic carbocycles. The summed E-state index contributed by atoms with van der Waals surface area (Å²) in [5.41, 5.74) is 3.02. The minimum absolute atomic E-state index is 0.573. The van der Waals surface area contributed by atoms with Crippen molar-refractivity contribution in [2.75, 3.05) is 0 Å². The maximum Gasteiger partial charge on any atom is 0.416 e. The van der Waals surface area contributed by atoms with Gasteiger partial charge < -0.3 is 0 Å². The number of halogens is 3. The Labute approximate surface area is 130 Å². The lowest BCUT2D eigenvalue weighted by Crippen LogP contribution is -2.04. The van der Waals surface area contributed by atoms with E-state index in [1.165, 1.54) is 23.3 Å².